The van der Waals surface area contributed by atoms with Gasteiger partial charge in [0.1, 0.15) is 0 Å². The zero-order chi connectivity index (χ0) is 16.4. The molecule has 0 spiro atoms. The molecule has 0 saturated heterocycles. The van der Waals surface area contributed by atoms with E-state index in [9.17, 15) is 13.6 Å². The van der Waals surface area contributed by atoms with Crippen molar-refractivity contribution in [3.05, 3.63) is 23.3 Å². The van der Waals surface area contributed by atoms with Crippen LogP contribution in [0, 0.1) is 5.92 Å². The highest BCUT2D eigenvalue weighted by atomic mass is 19.3. The predicted molar refractivity (Wildman–Crippen MR) is 78.5 cm³/mol. The molecule has 4 nitrogen and oxygen atoms in total. The Labute approximate surface area is 129 Å². The summed E-state index contributed by atoms with van der Waals surface area (Å²) in [6.07, 6.45) is -2.29. The van der Waals surface area contributed by atoms with Gasteiger partial charge in [-0.15, -0.1) is 0 Å². The molecule has 0 aliphatic carbocycles. The third kappa shape index (κ3) is 3.00. The number of carbonyl (C=O) groups excluding carboxylic acids is 1. The van der Waals surface area contributed by atoms with Gasteiger partial charge in [0.2, 0.25) is 0 Å². The van der Waals surface area contributed by atoms with Crippen LogP contribution in [0.25, 0.3) is 0 Å². The fourth-order valence-electron chi connectivity index (χ4n) is 3.01. The largest absolute Gasteiger partial charge is 0.493 e. The summed E-state index contributed by atoms with van der Waals surface area (Å²) in [5.74, 6) is 0.105. The molecule has 1 aliphatic heterocycles. The first-order valence-corrected chi connectivity index (χ1v) is 7.22. The zero-order valence-electron chi connectivity index (χ0n) is 13.2. The van der Waals surface area contributed by atoms with Crippen LogP contribution in [0.4, 0.5) is 8.78 Å². The third-order valence-electron chi connectivity index (χ3n) is 4.11. The lowest BCUT2D eigenvalue weighted by atomic mass is 9.95. The second-order valence-electron chi connectivity index (χ2n) is 5.68. The summed E-state index contributed by atoms with van der Waals surface area (Å²) in [4.78, 5) is 13.1. The van der Waals surface area contributed by atoms with Crippen LogP contribution in [-0.4, -0.2) is 38.0 Å². The SMILES string of the molecule is COc1cc2c(cc1OC)[C@H](C)N(C(=O)C(F)F)C[C@H](C)C2. The van der Waals surface area contributed by atoms with Gasteiger partial charge in [0.25, 0.3) is 5.91 Å². The smallest absolute Gasteiger partial charge is 0.315 e. The molecule has 0 saturated carbocycles. The van der Waals surface area contributed by atoms with Crippen LogP contribution in [0.5, 0.6) is 11.5 Å². The molecule has 1 aliphatic rings. The first kappa shape index (κ1) is 16.5. The molecular weight excluding hydrogens is 292 g/mol. The molecule has 122 valence electrons. The summed E-state index contributed by atoms with van der Waals surface area (Å²) >= 11 is 0. The number of benzene rings is 1. The Morgan fingerprint density at radius 3 is 2.36 bits per heavy atom. The molecule has 1 heterocycles. The Morgan fingerprint density at radius 2 is 1.82 bits per heavy atom. The number of amides is 1. The highest BCUT2D eigenvalue weighted by molar-refractivity contribution is 5.80. The van der Waals surface area contributed by atoms with Gasteiger partial charge in [-0.2, -0.15) is 8.78 Å². The molecule has 2 atom stereocenters. The lowest BCUT2D eigenvalue weighted by molar-refractivity contribution is -0.145. The molecule has 22 heavy (non-hydrogen) atoms. The van der Waals surface area contributed by atoms with Gasteiger partial charge in [0.15, 0.2) is 11.5 Å². The summed E-state index contributed by atoms with van der Waals surface area (Å²) in [6.45, 7) is 4.02. The fraction of sp³-hybridized carbons (Fsp3) is 0.562. The van der Waals surface area contributed by atoms with Gasteiger partial charge >= 0.3 is 6.43 Å². The zero-order valence-corrected chi connectivity index (χ0v) is 13.2. The van der Waals surface area contributed by atoms with Gasteiger partial charge in [0.05, 0.1) is 20.3 Å². The monoisotopic (exact) mass is 313 g/mol. The van der Waals surface area contributed by atoms with Crippen molar-refractivity contribution in [1.82, 2.24) is 4.90 Å². The van der Waals surface area contributed by atoms with E-state index >= 15 is 0 Å². The van der Waals surface area contributed by atoms with E-state index in [2.05, 4.69) is 0 Å². The van der Waals surface area contributed by atoms with E-state index in [0.717, 1.165) is 11.1 Å². The number of rotatable bonds is 3. The molecule has 2 rings (SSSR count). The van der Waals surface area contributed by atoms with Crippen LogP contribution in [0.1, 0.15) is 31.0 Å². The minimum Gasteiger partial charge on any atom is -0.493 e. The van der Waals surface area contributed by atoms with Crippen molar-refractivity contribution in [2.45, 2.75) is 32.7 Å². The van der Waals surface area contributed by atoms with Crippen LogP contribution in [-0.2, 0) is 11.2 Å². The number of nitrogens with zero attached hydrogens (tertiary/aromatic N) is 1. The number of halogens is 2. The number of hydrogen-bond acceptors (Lipinski definition) is 3. The van der Waals surface area contributed by atoms with Gasteiger partial charge in [0, 0.05) is 6.54 Å². The Balaban J connectivity index is 2.50. The second-order valence-corrected chi connectivity index (χ2v) is 5.68. The first-order chi connectivity index (χ1) is 10.4. The fourth-order valence-corrected chi connectivity index (χ4v) is 3.01. The number of ether oxygens (including phenoxy) is 2. The number of fused-ring (bicyclic) bond motifs is 1. The molecule has 0 bridgehead atoms. The van der Waals surface area contributed by atoms with Crippen molar-refractivity contribution in [1.29, 1.82) is 0 Å². The Hall–Kier alpha value is -1.85. The van der Waals surface area contributed by atoms with Gasteiger partial charge in [-0.1, -0.05) is 6.92 Å². The topological polar surface area (TPSA) is 38.8 Å². The quantitative estimate of drug-likeness (QED) is 0.861. The van der Waals surface area contributed by atoms with Crippen LogP contribution >= 0.6 is 0 Å². The summed E-state index contributed by atoms with van der Waals surface area (Å²) in [6, 6.07) is 3.22. The second kappa shape index (κ2) is 6.50. The van der Waals surface area contributed by atoms with E-state index < -0.39 is 18.4 Å². The highest BCUT2D eigenvalue weighted by Crippen LogP contribution is 2.38. The molecule has 6 heteroatoms. The molecule has 1 aromatic carbocycles. The number of alkyl halides is 2. The predicted octanol–water partition coefficient (Wildman–Crippen LogP) is 3.05. The summed E-state index contributed by atoms with van der Waals surface area (Å²) in [7, 11) is 3.08. The Bertz CT molecular complexity index is 563. The van der Waals surface area contributed by atoms with Gasteiger partial charge in [-0.25, -0.2) is 0 Å². The summed E-state index contributed by atoms with van der Waals surface area (Å²) in [5.41, 5.74) is 1.83. The van der Waals surface area contributed by atoms with Crippen molar-refractivity contribution in [3.63, 3.8) is 0 Å². The maximum absolute atomic E-state index is 12.9. The molecular formula is C16H21F2NO3. The molecule has 0 N–H and O–H groups in total. The van der Waals surface area contributed by atoms with E-state index in [1.807, 2.05) is 13.0 Å². The molecule has 1 amide bonds. The van der Waals surface area contributed by atoms with E-state index in [4.69, 9.17) is 9.47 Å². The molecule has 0 aromatic heterocycles. The van der Waals surface area contributed by atoms with Crippen LogP contribution in [0.3, 0.4) is 0 Å². The van der Waals surface area contributed by atoms with Gasteiger partial charge in [-0.05, 0) is 42.5 Å². The minimum absolute atomic E-state index is 0.0875. The van der Waals surface area contributed by atoms with Crippen molar-refractivity contribution in [3.8, 4) is 11.5 Å². The van der Waals surface area contributed by atoms with Crippen LogP contribution < -0.4 is 9.47 Å². The van der Waals surface area contributed by atoms with Crippen molar-refractivity contribution < 1.29 is 23.0 Å². The molecule has 0 unspecified atom stereocenters. The maximum Gasteiger partial charge on any atom is 0.315 e. The average molecular weight is 313 g/mol. The van der Waals surface area contributed by atoms with Gasteiger partial charge < -0.3 is 14.4 Å². The van der Waals surface area contributed by atoms with Gasteiger partial charge in [-0.3, -0.25) is 4.79 Å². The number of methoxy groups -OCH3 is 2. The highest BCUT2D eigenvalue weighted by Gasteiger charge is 2.33. The van der Waals surface area contributed by atoms with E-state index in [0.29, 0.717) is 24.5 Å². The Morgan fingerprint density at radius 1 is 1.23 bits per heavy atom. The molecule has 0 radical (unpaired) electrons. The molecule has 1 aromatic rings. The summed E-state index contributed by atoms with van der Waals surface area (Å²) < 4.78 is 36.3. The standard InChI is InChI=1S/C16H21F2NO3/c1-9-5-11-6-13(21-3)14(22-4)7-12(11)10(2)19(8-9)16(20)15(17)18/h6-7,9-10,15H,5,8H2,1-4H3/t9-,10+/m1/s1. The number of carbonyl (C=O) groups is 1. The first-order valence-electron chi connectivity index (χ1n) is 7.22. The van der Waals surface area contributed by atoms with Crippen molar-refractivity contribution in [2.75, 3.05) is 20.8 Å². The minimum atomic E-state index is -2.99. The average Bonchev–Trinajstić information content (AvgIpc) is 2.61. The van der Waals surface area contributed by atoms with Crippen molar-refractivity contribution >= 4 is 5.91 Å². The van der Waals surface area contributed by atoms with E-state index in [1.165, 1.54) is 12.0 Å². The molecule has 0 fully saturated rings. The normalized spacial score (nSPS) is 21.3. The maximum atomic E-state index is 12.9. The lowest BCUT2D eigenvalue weighted by Crippen LogP contribution is -2.39. The van der Waals surface area contributed by atoms with Crippen LogP contribution in [0.15, 0.2) is 12.1 Å². The van der Waals surface area contributed by atoms with Crippen LogP contribution in [0.2, 0.25) is 0 Å². The Kier molecular flexibility index (Phi) is 4.88. The summed E-state index contributed by atoms with van der Waals surface area (Å²) in [5, 5.41) is 0. The van der Waals surface area contributed by atoms with E-state index in [1.54, 1.807) is 20.1 Å². The third-order valence-corrected chi connectivity index (χ3v) is 4.11. The lowest BCUT2D eigenvalue weighted by Gasteiger charge is -2.29. The van der Waals surface area contributed by atoms with Crippen molar-refractivity contribution in [2.24, 2.45) is 5.92 Å². The van der Waals surface area contributed by atoms with E-state index in [-0.39, 0.29) is 5.92 Å². The number of hydrogen-bond donors (Lipinski definition) is 0.